The highest BCUT2D eigenvalue weighted by Gasteiger charge is 2.30. The topological polar surface area (TPSA) is 58.6 Å². The summed E-state index contributed by atoms with van der Waals surface area (Å²) in [5, 5.41) is 3.08. The SMILES string of the molecule is CCC[C@H](C)NC(=O)[C@@H]1CCCN(C(=O)c2ccccc2COC)C1. The van der Waals surface area contributed by atoms with Crippen molar-refractivity contribution < 1.29 is 14.3 Å². The number of ether oxygens (including phenoxy) is 1. The van der Waals surface area contributed by atoms with Gasteiger partial charge in [-0.1, -0.05) is 31.5 Å². The molecule has 1 N–H and O–H groups in total. The molecule has 1 heterocycles. The van der Waals surface area contributed by atoms with Crippen LogP contribution in [0.1, 0.15) is 55.5 Å². The fourth-order valence-electron chi connectivity index (χ4n) is 3.42. The van der Waals surface area contributed by atoms with E-state index in [0.29, 0.717) is 25.3 Å². The molecule has 0 radical (unpaired) electrons. The van der Waals surface area contributed by atoms with Crippen LogP contribution in [0.25, 0.3) is 0 Å². The number of hydrogen-bond donors (Lipinski definition) is 1. The quantitative estimate of drug-likeness (QED) is 0.826. The molecule has 1 aromatic rings. The molecule has 0 bridgehead atoms. The predicted molar refractivity (Wildman–Crippen MR) is 98.3 cm³/mol. The summed E-state index contributed by atoms with van der Waals surface area (Å²) >= 11 is 0. The molecule has 0 aromatic heterocycles. The molecule has 2 amide bonds. The van der Waals surface area contributed by atoms with Gasteiger partial charge < -0.3 is 15.0 Å². The van der Waals surface area contributed by atoms with Crippen LogP contribution >= 0.6 is 0 Å². The summed E-state index contributed by atoms with van der Waals surface area (Å²) in [5.41, 5.74) is 1.56. The third kappa shape index (κ3) is 5.30. The van der Waals surface area contributed by atoms with Crippen LogP contribution in [0.4, 0.5) is 0 Å². The zero-order chi connectivity index (χ0) is 18.2. The molecule has 1 aliphatic heterocycles. The number of rotatable bonds is 7. The van der Waals surface area contributed by atoms with Crippen molar-refractivity contribution in [2.75, 3.05) is 20.2 Å². The normalized spacial score (nSPS) is 18.7. The van der Waals surface area contributed by atoms with Gasteiger partial charge in [-0.2, -0.15) is 0 Å². The molecule has 2 atom stereocenters. The van der Waals surface area contributed by atoms with E-state index in [2.05, 4.69) is 12.2 Å². The largest absolute Gasteiger partial charge is 0.380 e. The first-order chi connectivity index (χ1) is 12.1. The Balaban J connectivity index is 2.03. The Morgan fingerprint density at radius 3 is 2.84 bits per heavy atom. The van der Waals surface area contributed by atoms with Crippen molar-refractivity contribution in [1.82, 2.24) is 10.2 Å². The molecule has 1 fully saturated rings. The molecule has 1 saturated heterocycles. The third-order valence-electron chi connectivity index (χ3n) is 4.74. The van der Waals surface area contributed by atoms with Gasteiger partial charge in [-0.05, 0) is 37.8 Å². The molecule has 0 spiro atoms. The van der Waals surface area contributed by atoms with E-state index in [9.17, 15) is 9.59 Å². The van der Waals surface area contributed by atoms with Crippen LogP contribution in [0, 0.1) is 5.92 Å². The fourth-order valence-corrected chi connectivity index (χ4v) is 3.42. The minimum absolute atomic E-state index is 0.00763. The van der Waals surface area contributed by atoms with E-state index >= 15 is 0 Å². The molecule has 1 aromatic carbocycles. The summed E-state index contributed by atoms with van der Waals surface area (Å²) in [6.45, 7) is 5.75. The fraction of sp³-hybridized carbons (Fsp3) is 0.600. The predicted octanol–water partition coefficient (Wildman–Crippen LogP) is 2.99. The van der Waals surface area contributed by atoms with E-state index in [1.54, 1.807) is 7.11 Å². The first-order valence-electron chi connectivity index (χ1n) is 9.23. The van der Waals surface area contributed by atoms with E-state index in [1.807, 2.05) is 36.1 Å². The number of likely N-dealkylation sites (tertiary alicyclic amines) is 1. The first-order valence-corrected chi connectivity index (χ1v) is 9.23. The molecule has 0 saturated carbocycles. The Bertz CT molecular complexity index is 588. The van der Waals surface area contributed by atoms with Crippen molar-refractivity contribution in [1.29, 1.82) is 0 Å². The molecule has 1 aliphatic rings. The molecular weight excluding hydrogens is 316 g/mol. The lowest BCUT2D eigenvalue weighted by Gasteiger charge is -2.33. The van der Waals surface area contributed by atoms with Crippen molar-refractivity contribution in [3.63, 3.8) is 0 Å². The second-order valence-corrected chi connectivity index (χ2v) is 6.88. The van der Waals surface area contributed by atoms with Gasteiger partial charge in [0.25, 0.3) is 5.91 Å². The van der Waals surface area contributed by atoms with Gasteiger partial charge >= 0.3 is 0 Å². The Hall–Kier alpha value is -1.88. The molecule has 138 valence electrons. The van der Waals surface area contributed by atoms with Crippen molar-refractivity contribution >= 4 is 11.8 Å². The van der Waals surface area contributed by atoms with Gasteiger partial charge in [-0.25, -0.2) is 0 Å². The van der Waals surface area contributed by atoms with E-state index in [0.717, 1.165) is 31.2 Å². The maximum absolute atomic E-state index is 12.9. The van der Waals surface area contributed by atoms with Crippen molar-refractivity contribution in [2.45, 2.75) is 52.2 Å². The summed E-state index contributed by atoms with van der Waals surface area (Å²) in [5.74, 6) is -0.0537. The van der Waals surface area contributed by atoms with Crippen LogP contribution in [-0.2, 0) is 16.1 Å². The van der Waals surface area contributed by atoms with E-state index < -0.39 is 0 Å². The molecule has 0 aliphatic carbocycles. The minimum Gasteiger partial charge on any atom is -0.380 e. The second kappa shape index (κ2) is 9.56. The Labute approximate surface area is 150 Å². The van der Waals surface area contributed by atoms with E-state index in [1.165, 1.54) is 0 Å². The lowest BCUT2D eigenvalue weighted by Crippen LogP contribution is -2.47. The second-order valence-electron chi connectivity index (χ2n) is 6.88. The van der Waals surface area contributed by atoms with Gasteiger partial charge in [0, 0.05) is 31.8 Å². The summed E-state index contributed by atoms with van der Waals surface area (Å²) in [7, 11) is 1.62. The maximum Gasteiger partial charge on any atom is 0.254 e. The number of piperidine rings is 1. The van der Waals surface area contributed by atoms with Gasteiger partial charge in [-0.15, -0.1) is 0 Å². The summed E-state index contributed by atoms with van der Waals surface area (Å²) in [4.78, 5) is 27.2. The highest BCUT2D eigenvalue weighted by atomic mass is 16.5. The zero-order valence-corrected chi connectivity index (χ0v) is 15.6. The molecule has 5 heteroatoms. The van der Waals surface area contributed by atoms with E-state index in [4.69, 9.17) is 4.74 Å². The Morgan fingerprint density at radius 1 is 1.36 bits per heavy atom. The average Bonchev–Trinajstić information content (AvgIpc) is 2.62. The van der Waals surface area contributed by atoms with Gasteiger partial charge in [-0.3, -0.25) is 9.59 Å². The van der Waals surface area contributed by atoms with Gasteiger partial charge in [0.2, 0.25) is 5.91 Å². The monoisotopic (exact) mass is 346 g/mol. The number of carbonyl (C=O) groups excluding carboxylic acids is 2. The lowest BCUT2D eigenvalue weighted by molar-refractivity contribution is -0.127. The van der Waals surface area contributed by atoms with Crippen LogP contribution in [0.5, 0.6) is 0 Å². The van der Waals surface area contributed by atoms with Crippen LogP contribution < -0.4 is 5.32 Å². The number of benzene rings is 1. The number of hydrogen-bond acceptors (Lipinski definition) is 3. The average molecular weight is 346 g/mol. The maximum atomic E-state index is 12.9. The number of carbonyl (C=O) groups is 2. The van der Waals surface area contributed by atoms with Crippen LogP contribution in [0.2, 0.25) is 0 Å². The van der Waals surface area contributed by atoms with Crippen molar-refractivity contribution in [3.05, 3.63) is 35.4 Å². The van der Waals surface area contributed by atoms with Gasteiger partial charge in [0.15, 0.2) is 0 Å². The molecular formula is C20H30N2O3. The van der Waals surface area contributed by atoms with Crippen LogP contribution in [-0.4, -0.2) is 43.0 Å². The minimum atomic E-state index is -0.119. The number of methoxy groups -OCH3 is 1. The third-order valence-corrected chi connectivity index (χ3v) is 4.74. The summed E-state index contributed by atoms with van der Waals surface area (Å²) < 4.78 is 5.20. The smallest absolute Gasteiger partial charge is 0.254 e. The summed E-state index contributed by atoms with van der Waals surface area (Å²) in [6.07, 6.45) is 3.73. The van der Waals surface area contributed by atoms with E-state index in [-0.39, 0.29) is 23.8 Å². The molecule has 2 rings (SSSR count). The van der Waals surface area contributed by atoms with Crippen molar-refractivity contribution in [3.8, 4) is 0 Å². The Kier molecular flexibility index (Phi) is 7.44. The number of nitrogens with zero attached hydrogens (tertiary/aromatic N) is 1. The molecule has 0 unspecified atom stereocenters. The standard InChI is InChI=1S/C20H30N2O3/c1-4-8-15(2)21-19(23)16-10-7-12-22(13-16)20(24)18-11-6-5-9-17(18)14-25-3/h5-6,9,11,15-16H,4,7-8,10,12-14H2,1-3H3,(H,21,23)/t15-,16+/m0/s1. The zero-order valence-electron chi connectivity index (χ0n) is 15.6. The molecule has 25 heavy (non-hydrogen) atoms. The van der Waals surface area contributed by atoms with Gasteiger partial charge in [0.1, 0.15) is 0 Å². The van der Waals surface area contributed by atoms with Crippen LogP contribution in [0.3, 0.4) is 0 Å². The molecule has 5 nitrogen and oxygen atoms in total. The number of nitrogens with one attached hydrogen (secondary N) is 1. The first kappa shape index (κ1) is 19.4. The van der Waals surface area contributed by atoms with Crippen LogP contribution in [0.15, 0.2) is 24.3 Å². The summed E-state index contributed by atoms with van der Waals surface area (Å²) in [6, 6.07) is 7.71. The number of amides is 2. The Morgan fingerprint density at radius 2 is 2.12 bits per heavy atom. The lowest BCUT2D eigenvalue weighted by atomic mass is 9.95. The van der Waals surface area contributed by atoms with Crippen molar-refractivity contribution in [2.24, 2.45) is 5.92 Å². The highest BCUT2D eigenvalue weighted by Crippen LogP contribution is 2.21. The highest BCUT2D eigenvalue weighted by molar-refractivity contribution is 5.96. The van der Waals surface area contributed by atoms with Gasteiger partial charge in [0.05, 0.1) is 12.5 Å².